The van der Waals surface area contributed by atoms with E-state index in [9.17, 15) is 14.9 Å². The fourth-order valence-corrected chi connectivity index (χ4v) is 2.29. The van der Waals surface area contributed by atoms with Crippen LogP contribution >= 0.6 is 11.8 Å². The number of nitro benzene ring substituents is 1. The molecule has 7 heteroatoms. The van der Waals surface area contributed by atoms with E-state index in [2.05, 4.69) is 0 Å². The molecule has 104 valence electrons. The fourth-order valence-electron chi connectivity index (χ4n) is 1.59. The molecule has 1 unspecified atom stereocenters. The topological polar surface area (TPSA) is 89.5 Å². The molecule has 0 bridgehead atoms. The van der Waals surface area contributed by atoms with Crippen LogP contribution in [0.25, 0.3) is 0 Å². The first-order chi connectivity index (χ1) is 8.88. The Morgan fingerprint density at radius 3 is 2.74 bits per heavy atom. The van der Waals surface area contributed by atoms with Gasteiger partial charge in [0, 0.05) is 36.7 Å². The molecule has 0 saturated heterocycles. The highest BCUT2D eigenvalue weighted by molar-refractivity contribution is 7.98. The molecular weight excluding hydrogens is 266 g/mol. The van der Waals surface area contributed by atoms with E-state index in [1.54, 1.807) is 23.7 Å². The molecule has 0 spiro atoms. The highest BCUT2D eigenvalue weighted by Crippen LogP contribution is 2.21. The average molecular weight is 283 g/mol. The predicted octanol–water partition coefficient (Wildman–Crippen LogP) is 2.00. The molecule has 19 heavy (non-hydrogen) atoms. The standard InChI is InChI=1S/C12H17N3O3S/c1-8(7-19-3)14(2)12(16)10-6-9(15(17)18)4-5-11(10)13/h4-6,8H,7,13H2,1-3H3. The molecular formula is C12H17N3O3S. The number of rotatable bonds is 5. The molecule has 0 heterocycles. The van der Waals surface area contributed by atoms with Crippen molar-refractivity contribution in [3.8, 4) is 0 Å². The van der Waals surface area contributed by atoms with Crippen LogP contribution < -0.4 is 5.73 Å². The molecule has 0 fully saturated rings. The quantitative estimate of drug-likeness (QED) is 0.507. The van der Waals surface area contributed by atoms with Crippen LogP contribution in [0, 0.1) is 10.1 Å². The van der Waals surface area contributed by atoms with Gasteiger partial charge >= 0.3 is 0 Å². The van der Waals surface area contributed by atoms with Crippen molar-refractivity contribution in [1.29, 1.82) is 0 Å². The van der Waals surface area contributed by atoms with Crippen LogP contribution in [-0.2, 0) is 0 Å². The molecule has 1 atom stereocenters. The molecule has 0 aliphatic rings. The molecule has 1 amide bonds. The van der Waals surface area contributed by atoms with Crippen molar-refractivity contribution in [3.63, 3.8) is 0 Å². The van der Waals surface area contributed by atoms with Gasteiger partial charge in [-0.1, -0.05) is 0 Å². The Bertz CT molecular complexity index is 493. The lowest BCUT2D eigenvalue weighted by molar-refractivity contribution is -0.384. The lowest BCUT2D eigenvalue weighted by atomic mass is 10.1. The highest BCUT2D eigenvalue weighted by Gasteiger charge is 2.21. The van der Waals surface area contributed by atoms with Crippen molar-refractivity contribution in [2.24, 2.45) is 0 Å². The summed E-state index contributed by atoms with van der Waals surface area (Å²) in [4.78, 5) is 24.0. The van der Waals surface area contributed by atoms with Crippen molar-refractivity contribution in [2.75, 3.05) is 24.8 Å². The van der Waals surface area contributed by atoms with Gasteiger partial charge in [0.2, 0.25) is 0 Å². The van der Waals surface area contributed by atoms with Gasteiger partial charge in [-0.2, -0.15) is 11.8 Å². The Morgan fingerprint density at radius 2 is 2.21 bits per heavy atom. The van der Waals surface area contributed by atoms with E-state index in [0.717, 1.165) is 5.75 Å². The van der Waals surface area contributed by atoms with Crippen molar-refractivity contribution in [3.05, 3.63) is 33.9 Å². The van der Waals surface area contributed by atoms with Crippen LogP contribution in [0.2, 0.25) is 0 Å². The summed E-state index contributed by atoms with van der Waals surface area (Å²) in [6.45, 7) is 1.92. The van der Waals surface area contributed by atoms with Crippen molar-refractivity contribution < 1.29 is 9.72 Å². The second-order valence-corrected chi connectivity index (χ2v) is 5.16. The zero-order valence-corrected chi connectivity index (χ0v) is 11.9. The molecule has 1 aromatic carbocycles. The predicted molar refractivity (Wildman–Crippen MR) is 77.4 cm³/mol. The molecule has 1 rings (SSSR count). The van der Waals surface area contributed by atoms with Gasteiger partial charge < -0.3 is 10.6 Å². The van der Waals surface area contributed by atoms with E-state index in [4.69, 9.17) is 5.73 Å². The van der Waals surface area contributed by atoms with E-state index in [0.29, 0.717) is 0 Å². The van der Waals surface area contributed by atoms with Crippen LogP contribution in [-0.4, -0.2) is 40.8 Å². The number of anilines is 1. The average Bonchev–Trinajstić information content (AvgIpc) is 2.37. The normalized spacial score (nSPS) is 11.9. The maximum Gasteiger partial charge on any atom is 0.270 e. The molecule has 0 aromatic heterocycles. The molecule has 1 aromatic rings. The Hall–Kier alpha value is -1.76. The summed E-state index contributed by atoms with van der Waals surface area (Å²) in [5.74, 6) is 0.486. The summed E-state index contributed by atoms with van der Waals surface area (Å²) in [6, 6.07) is 3.93. The summed E-state index contributed by atoms with van der Waals surface area (Å²) >= 11 is 1.63. The number of nitrogens with two attached hydrogens (primary N) is 1. The van der Waals surface area contributed by atoms with Crippen LogP contribution in [0.3, 0.4) is 0 Å². The smallest absolute Gasteiger partial charge is 0.270 e. The Balaban J connectivity index is 3.04. The summed E-state index contributed by atoms with van der Waals surface area (Å²) < 4.78 is 0. The van der Waals surface area contributed by atoms with Crippen molar-refractivity contribution in [1.82, 2.24) is 4.90 Å². The van der Waals surface area contributed by atoms with Gasteiger partial charge in [0.15, 0.2) is 0 Å². The number of benzene rings is 1. The number of nitrogen functional groups attached to an aromatic ring is 1. The monoisotopic (exact) mass is 283 g/mol. The molecule has 0 saturated carbocycles. The van der Waals surface area contributed by atoms with E-state index >= 15 is 0 Å². The maximum absolute atomic E-state index is 12.3. The van der Waals surface area contributed by atoms with Gasteiger partial charge in [0.25, 0.3) is 11.6 Å². The second-order valence-electron chi connectivity index (χ2n) is 4.25. The van der Waals surface area contributed by atoms with Crippen LogP contribution in [0.4, 0.5) is 11.4 Å². The molecule has 0 aliphatic heterocycles. The number of hydrogen-bond donors (Lipinski definition) is 1. The number of nitro groups is 1. The SMILES string of the molecule is CSCC(C)N(C)C(=O)c1cc([N+](=O)[O-])ccc1N. The summed E-state index contributed by atoms with van der Waals surface area (Å²) in [7, 11) is 1.67. The van der Waals surface area contributed by atoms with Gasteiger partial charge in [-0.3, -0.25) is 14.9 Å². The largest absolute Gasteiger partial charge is 0.398 e. The van der Waals surface area contributed by atoms with Gasteiger partial charge in [0.05, 0.1) is 10.5 Å². The Morgan fingerprint density at radius 1 is 1.58 bits per heavy atom. The molecule has 0 aliphatic carbocycles. The second kappa shape index (κ2) is 6.42. The number of carbonyl (C=O) groups excluding carboxylic acids is 1. The van der Waals surface area contributed by atoms with Crippen LogP contribution in [0.15, 0.2) is 18.2 Å². The highest BCUT2D eigenvalue weighted by atomic mass is 32.2. The third-order valence-electron chi connectivity index (χ3n) is 2.87. The summed E-state index contributed by atoms with van der Waals surface area (Å²) in [5.41, 5.74) is 6.01. The van der Waals surface area contributed by atoms with E-state index in [1.807, 2.05) is 13.2 Å². The number of amides is 1. The van der Waals surface area contributed by atoms with E-state index in [-0.39, 0.29) is 28.9 Å². The minimum absolute atomic E-state index is 0.0289. The van der Waals surface area contributed by atoms with Crippen LogP contribution in [0.5, 0.6) is 0 Å². The minimum atomic E-state index is -0.540. The zero-order valence-electron chi connectivity index (χ0n) is 11.1. The number of non-ortho nitro benzene ring substituents is 1. The first-order valence-electron chi connectivity index (χ1n) is 5.68. The van der Waals surface area contributed by atoms with Gasteiger partial charge in [-0.05, 0) is 19.2 Å². The Kier molecular flexibility index (Phi) is 5.17. The van der Waals surface area contributed by atoms with Crippen LogP contribution in [0.1, 0.15) is 17.3 Å². The summed E-state index contributed by atoms with van der Waals surface area (Å²) in [6.07, 6.45) is 1.95. The fraction of sp³-hybridized carbons (Fsp3) is 0.417. The first kappa shape index (κ1) is 15.3. The lowest BCUT2D eigenvalue weighted by Crippen LogP contribution is -2.37. The molecule has 0 radical (unpaired) electrons. The zero-order chi connectivity index (χ0) is 14.6. The number of thioether (sulfide) groups is 1. The van der Waals surface area contributed by atoms with Gasteiger partial charge in [-0.25, -0.2) is 0 Å². The van der Waals surface area contributed by atoms with E-state index < -0.39 is 4.92 Å². The number of carbonyl (C=O) groups is 1. The van der Waals surface area contributed by atoms with E-state index in [1.165, 1.54) is 18.2 Å². The van der Waals surface area contributed by atoms with Gasteiger partial charge in [0.1, 0.15) is 0 Å². The minimum Gasteiger partial charge on any atom is -0.398 e. The third-order valence-corrected chi connectivity index (χ3v) is 3.68. The molecule has 6 nitrogen and oxygen atoms in total. The first-order valence-corrected chi connectivity index (χ1v) is 7.07. The Labute approximate surface area is 116 Å². The number of hydrogen-bond acceptors (Lipinski definition) is 5. The molecule has 2 N–H and O–H groups in total. The van der Waals surface area contributed by atoms with Gasteiger partial charge in [-0.15, -0.1) is 0 Å². The van der Waals surface area contributed by atoms with Crippen molar-refractivity contribution in [2.45, 2.75) is 13.0 Å². The number of nitrogens with zero attached hydrogens (tertiary/aromatic N) is 2. The lowest BCUT2D eigenvalue weighted by Gasteiger charge is -2.24. The summed E-state index contributed by atoms with van der Waals surface area (Å²) in [5, 5.41) is 10.7. The van der Waals surface area contributed by atoms with Crippen molar-refractivity contribution >= 4 is 29.0 Å². The third kappa shape index (κ3) is 3.60. The maximum atomic E-state index is 12.3.